The van der Waals surface area contributed by atoms with Crippen molar-refractivity contribution in [3.05, 3.63) is 66.0 Å². The third kappa shape index (κ3) is 2.08. The summed E-state index contributed by atoms with van der Waals surface area (Å²) in [7, 11) is 0. The van der Waals surface area contributed by atoms with Crippen molar-refractivity contribution in [1.82, 2.24) is 9.97 Å². The third-order valence-corrected chi connectivity index (χ3v) is 3.10. The van der Waals surface area contributed by atoms with Gasteiger partial charge in [-0.1, -0.05) is 42.5 Å². The summed E-state index contributed by atoms with van der Waals surface area (Å²) in [6, 6.07) is 17.1. The predicted octanol–water partition coefficient (Wildman–Crippen LogP) is 2.18. The molecule has 4 nitrogen and oxygen atoms in total. The van der Waals surface area contributed by atoms with Crippen LogP contribution in [0.4, 0.5) is 0 Å². The SMILES string of the molecule is NC(=O)C(c1ccccc1)c1nc2ccccc2[nH]1. The highest BCUT2D eigenvalue weighted by atomic mass is 16.1. The van der Waals surface area contributed by atoms with Crippen molar-refractivity contribution in [2.24, 2.45) is 5.73 Å². The van der Waals surface area contributed by atoms with Gasteiger partial charge in [-0.3, -0.25) is 4.79 Å². The first-order chi connectivity index (χ1) is 9.25. The fraction of sp³-hybridized carbons (Fsp3) is 0.0667. The molecule has 0 aliphatic heterocycles. The van der Waals surface area contributed by atoms with Gasteiger partial charge in [-0.05, 0) is 17.7 Å². The molecule has 0 saturated heterocycles. The molecule has 1 amide bonds. The zero-order chi connectivity index (χ0) is 13.2. The first kappa shape index (κ1) is 11.5. The number of carbonyl (C=O) groups is 1. The van der Waals surface area contributed by atoms with Crippen LogP contribution in [0.3, 0.4) is 0 Å². The summed E-state index contributed by atoms with van der Waals surface area (Å²) in [5, 5.41) is 0. The van der Waals surface area contributed by atoms with Gasteiger partial charge >= 0.3 is 0 Å². The number of aromatic nitrogens is 2. The van der Waals surface area contributed by atoms with Crippen molar-refractivity contribution in [1.29, 1.82) is 0 Å². The number of primary amides is 1. The van der Waals surface area contributed by atoms with Gasteiger partial charge in [-0.15, -0.1) is 0 Å². The lowest BCUT2D eigenvalue weighted by molar-refractivity contribution is -0.118. The number of nitrogens with one attached hydrogen (secondary N) is 1. The lowest BCUT2D eigenvalue weighted by Crippen LogP contribution is -2.23. The number of benzene rings is 2. The van der Waals surface area contributed by atoms with Crippen molar-refractivity contribution < 1.29 is 4.79 Å². The second-order valence-electron chi connectivity index (χ2n) is 4.39. The lowest BCUT2D eigenvalue weighted by atomic mass is 9.98. The molecule has 1 unspecified atom stereocenters. The molecule has 1 atom stereocenters. The summed E-state index contributed by atoms with van der Waals surface area (Å²) in [5.74, 6) is -0.376. The van der Waals surface area contributed by atoms with Crippen LogP contribution >= 0.6 is 0 Å². The molecule has 19 heavy (non-hydrogen) atoms. The minimum absolute atomic E-state index is 0.412. The molecular weight excluding hydrogens is 238 g/mol. The van der Waals surface area contributed by atoms with E-state index in [1.54, 1.807) is 0 Å². The molecule has 1 heterocycles. The highest BCUT2D eigenvalue weighted by molar-refractivity contribution is 5.86. The van der Waals surface area contributed by atoms with Crippen LogP contribution in [0.15, 0.2) is 54.6 Å². The fourth-order valence-electron chi connectivity index (χ4n) is 2.21. The number of nitrogens with two attached hydrogens (primary N) is 1. The zero-order valence-electron chi connectivity index (χ0n) is 10.2. The molecule has 0 fully saturated rings. The second-order valence-corrected chi connectivity index (χ2v) is 4.39. The van der Waals surface area contributed by atoms with E-state index in [0.29, 0.717) is 5.82 Å². The first-order valence-electron chi connectivity index (χ1n) is 6.04. The van der Waals surface area contributed by atoms with Gasteiger partial charge in [0.25, 0.3) is 0 Å². The maximum Gasteiger partial charge on any atom is 0.232 e. The van der Waals surface area contributed by atoms with Crippen LogP contribution in [-0.2, 0) is 4.79 Å². The van der Waals surface area contributed by atoms with E-state index in [1.165, 1.54) is 0 Å². The molecule has 0 aliphatic rings. The van der Waals surface area contributed by atoms with Crippen molar-refractivity contribution in [3.63, 3.8) is 0 Å². The van der Waals surface area contributed by atoms with Crippen molar-refractivity contribution >= 4 is 16.9 Å². The molecule has 0 bridgehead atoms. The number of para-hydroxylation sites is 2. The van der Waals surface area contributed by atoms with Crippen LogP contribution in [0.2, 0.25) is 0 Å². The molecule has 0 radical (unpaired) electrons. The Morgan fingerprint density at radius 1 is 1.05 bits per heavy atom. The number of hydrogen-bond donors (Lipinski definition) is 2. The molecular formula is C15H13N3O. The van der Waals surface area contributed by atoms with Gasteiger partial charge < -0.3 is 10.7 Å². The zero-order valence-corrected chi connectivity index (χ0v) is 10.2. The molecule has 3 aromatic rings. The largest absolute Gasteiger partial charge is 0.369 e. The fourth-order valence-corrected chi connectivity index (χ4v) is 2.21. The number of aromatic amines is 1. The van der Waals surface area contributed by atoms with E-state index in [1.807, 2.05) is 54.6 Å². The summed E-state index contributed by atoms with van der Waals surface area (Å²) < 4.78 is 0. The first-order valence-corrected chi connectivity index (χ1v) is 6.04. The Hall–Kier alpha value is -2.62. The Bertz CT molecular complexity index is 685. The number of hydrogen-bond acceptors (Lipinski definition) is 2. The standard InChI is InChI=1S/C15H13N3O/c16-14(19)13(10-6-2-1-3-7-10)15-17-11-8-4-5-9-12(11)18-15/h1-9,13H,(H2,16,19)(H,17,18). The van der Waals surface area contributed by atoms with Crippen LogP contribution in [0, 0.1) is 0 Å². The number of fused-ring (bicyclic) bond motifs is 1. The number of H-pyrrole nitrogens is 1. The second kappa shape index (κ2) is 4.57. The Morgan fingerprint density at radius 3 is 2.42 bits per heavy atom. The van der Waals surface area contributed by atoms with E-state index in [0.717, 1.165) is 16.6 Å². The molecule has 0 saturated carbocycles. The molecule has 0 aliphatic carbocycles. The summed E-state index contributed by atoms with van der Waals surface area (Å²) in [4.78, 5) is 19.4. The number of nitrogens with zero attached hydrogens (tertiary/aromatic N) is 1. The summed E-state index contributed by atoms with van der Waals surface area (Å²) in [6.07, 6.45) is 0. The maximum atomic E-state index is 11.7. The van der Waals surface area contributed by atoms with E-state index < -0.39 is 11.8 Å². The normalized spacial score (nSPS) is 12.4. The van der Waals surface area contributed by atoms with E-state index in [4.69, 9.17) is 5.73 Å². The van der Waals surface area contributed by atoms with Gasteiger partial charge in [0.2, 0.25) is 5.91 Å². The topological polar surface area (TPSA) is 71.8 Å². The van der Waals surface area contributed by atoms with Gasteiger partial charge in [0.05, 0.1) is 11.0 Å². The summed E-state index contributed by atoms with van der Waals surface area (Å²) in [5.41, 5.74) is 8.10. The van der Waals surface area contributed by atoms with E-state index >= 15 is 0 Å². The van der Waals surface area contributed by atoms with Crippen LogP contribution in [-0.4, -0.2) is 15.9 Å². The number of carbonyl (C=O) groups excluding carboxylic acids is 1. The van der Waals surface area contributed by atoms with E-state index in [9.17, 15) is 4.79 Å². The maximum absolute atomic E-state index is 11.7. The average molecular weight is 251 g/mol. The molecule has 0 spiro atoms. The van der Waals surface area contributed by atoms with Gasteiger partial charge in [-0.25, -0.2) is 4.98 Å². The van der Waals surface area contributed by atoms with Gasteiger partial charge in [0.15, 0.2) is 0 Å². The molecule has 1 aromatic heterocycles. The van der Waals surface area contributed by atoms with Crippen molar-refractivity contribution in [2.75, 3.05) is 0 Å². The van der Waals surface area contributed by atoms with E-state index in [-0.39, 0.29) is 0 Å². The van der Waals surface area contributed by atoms with Crippen LogP contribution in [0.5, 0.6) is 0 Å². The smallest absolute Gasteiger partial charge is 0.232 e. The molecule has 3 rings (SSSR count). The van der Waals surface area contributed by atoms with E-state index in [2.05, 4.69) is 9.97 Å². The number of rotatable bonds is 3. The van der Waals surface area contributed by atoms with Gasteiger partial charge in [0.1, 0.15) is 11.7 Å². The van der Waals surface area contributed by atoms with Crippen LogP contribution < -0.4 is 5.73 Å². The van der Waals surface area contributed by atoms with Crippen LogP contribution in [0.1, 0.15) is 17.3 Å². The summed E-state index contributed by atoms with van der Waals surface area (Å²) >= 11 is 0. The van der Waals surface area contributed by atoms with Gasteiger partial charge in [0, 0.05) is 0 Å². The number of imidazole rings is 1. The highest BCUT2D eigenvalue weighted by Gasteiger charge is 2.23. The Labute approximate surface area is 110 Å². The molecule has 3 N–H and O–H groups in total. The molecule has 2 aromatic carbocycles. The monoisotopic (exact) mass is 251 g/mol. The Kier molecular flexibility index (Phi) is 2.76. The van der Waals surface area contributed by atoms with Crippen molar-refractivity contribution in [3.8, 4) is 0 Å². The predicted molar refractivity (Wildman–Crippen MR) is 73.6 cm³/mol. The van der Waals surface area contributed by atoms with Crippen molar-refractivity contribution in [2.45, 2.75) is 5.92 Å². The minimum Gasteiger partial charge on any atom is -0.369 e. The Morgan fingerprint density at radius 2 is 1.74 bits per heavy atom. The lowest BCUT2D eigenvalue weighted by Gasteiger charge is -2.10. The third-order valence-electron chi connectivity index (χ3n) is 3.10. The van der Waals surface area contributed by atoms with Crippen LogP contribution in [0.25, 0.3) is 11.0 Å². The number of amides is 1. The quantitative estimate of drug-likeness (QED) is 0.749. The average Bonchev–Trinajstić information content (AvgIpc) is 2.82. The summed E-state index contributed by atoms with van der Waals surface area (Å²) in [6.45, 7) is 0. The van der Waals surface area contributed by atoms with Gasteiger partial charge in [-0.2, -0.15) is 0 Å². The highest BCUT2D eigenvalue weighted by Crippen LogP contribution is 2.24. The molecule has 94 valence electrons. The Balaban J connectivity index is 2.12. The molecule has 4 heteroatoms. The minimum atomic E-state index is -0.548.